The lowest BCUT2D eigenvalue weighted by molar-refractivity contribution is 0.590. The molecule has 0 N–H and O–H groups in total. The normalized spacial score (nSPS) is 13.7. The van der Waals surface area contributed by atoms with E-state index < -0.39 is 8.07 Å². The van der Waals surface area contributed by atoms with Crippen molar-refractivity contribution in [3.05, 3.63) is 181 Å². The number of hydrogen-bond donors (Lipinski definition) is 0. The molecular formula is C54H46N4Si. The van der Waals surface area contributed by atoms with Crippen LogP contribution in [0.2, 0.25) is 0 Å². The number of pyridine rings is 2. The van der Waals surface area contributed by atoms with Gasteiger partial charge >= 0.3 is 0 Å². The molecule has 0 fully saturated rings. The average Bonchev–Trinajstić information content (AvgIpc) is 3.87. The first-order valence-corrected chi connectivity index (χ1v) is 22.7. The van der Waals surface area contributed by atoms with Gasteiger partial charge in [0.15, 0.2) is 8.07 Å². The van der Waals surface area contributed by atoms with Crippen LogP contribution in [0.1, 0.15) is 52.7 Å². The van der Waals surface area contributed by atoms with Crippen LogP contribution >= 0.6 is 0 Å². The summed E-state index contributed by atoms with van der Waals surface area (Å²) in [6.07, 6.45) is 3.80. The second-order valence-corrected chi connectivity index (χ2v) is 22.0. The van der Waals surface area contributed by atoms with Gasteiger partial charge < -0.3 is 0 Å². The van der Waals surface area contributed by atoms with Gasteiger partial charge in [0.2, 0.25) is 0 Å². The van der Waals surface area contributed by atoms with Crippen LogP contribution in [-0.2, 0) is 10.8 Å². The summed E-state index contributed by atoms with van der Waals surface area (Å²) >= 11 is 0. The van der Waals surface area contributed by atoms with E-state index in [4.69, 9.17) is 9.97 Å². The van der Waals surface area contributed by atoms with Crippen LogP contribution in [0.4, 0.5) is 0 Å². The van der Waals surface area contributed by atoms with Gasteiger partial charge in [0.1, 0.15) is 11.6 Å². The molecule has 0 atom stereocenters. The standard InChI is InChI=1S/C54H46N4Si/c1-53(2,3)35-21-25-43-44-26-22-36(54(4,5)6)32-50(44)59(49(43)31-35,37-23-27-41-39-15-7-9-17-45(39)57(47(41)33-37)51-19-11-13-29-55-51)38-24-28-42-40-16-8-10-18-46(40)58(48(42)34-38)52-20-12-14-30-56-52/h7-34H,1-6H3. The zero-order valence-electron chi connectivity index (χ0n) is 34.5. The Bertz CT molecular complexity index is 3060. The fourth-order valence-corrected chi connectivity index (χ4v) is 15.1. The summed E-state index contributed by atoms with van der Waals surface area (Å²) in [4.78, 5) is 9.86. The molecule has 1 aliphatic rings. The minimum atomic E-state index is -3.09. The maximum Gasteiger partial charge on any atom is 0.181 e. The molecule has 0 radical (unpaired) electrons. The van der Waals surface area contributed by atoms with Crippen molar-refractivity contribution in [3.8, 4) is 22.8 Å². The van der Waals surface area contributed by atoms with Crippen LogP contribution in [0, 0.1) is 0 Å². The van der Waals surface area contributed by atoms with Gasteiger partial charge in [-0.1, -0.05) is 151 Å². The van der Waals surface area contributed by atoms with E-state index in [1.54, 1.807) is 0 Å². The quantitative estimate of drug-likeness (QED) is 0.167. The predicted octanol–water partition coefficient (Wildman–Crippen LogP) is 10.6. The summed E-state index contributed by atoms with van der Waals surface area (Å²) in [7, 11) is -3.09. The van der Waals surface area contributed by atoms with Crippen molar-refractivity contribution in [1.29, 1.82) is 0 Å². The Hall–Kier alpha value is -6.56. The van der Waals surface area contributed by atoms with Gasteiger partial charge in [0.25, 0.3) is 0 Å². The van der Waals surface area contributed by atoms with E-state index in [2.05, 4.69) is 196 Å². The Labute approximate surface area is 346 Å². The zero-order valence-corrected chi connectivity index (χ0v) is 35.5. The van der Waals surface area contributed by atoms with E-state index in [-0.39, 0.29) is 10.8 Å². The molecule has 0 saturated carbocycles. The first-order valence-electron chi connectivity index (χ1n) is 20.7. The molecule has 1 aliphatic heterocycles. The Kier molecular flexibility index (Phi) is 7.67. The molecule has 286 valence electrons. The third kappa shape index (κ3) is 5.20. The molecule has 0 unspecified atom stereocenters. The van der Waals surface area contributed by atoms with E-state index in [0.29, 0.717) is 0 Å². The largest absolute Gasteiger partial charge is 0.294 e. The van der Waals surface area contributed by atoms with Crippen LogP contribution in [0.25, 0.3) is 66.4 Å². The molecule has 6 aromatic carbocycles. The van der Waals surface area contributed by atoms with Crippen LogP contribution in [0.5, 0.6) is 0 Å². The second kappa shape index (κ2) is 12.7. The Morgan fingerprint density at radius 1 is 0.390 bits per heavy atom. The van der Waals surface area contributed by atoms with E-state index in [9.17, 15) is 0 Å². The maximum atomic E-state index is 4.93. The molecule has 0 spiro atoms. The van der Waals surface area contributed by atoms with Gasteiger partial charge in [-0.3, -0.25) is 9.13 Å². The molecular weight excluding hydrogens is 733 g/mol. The molecule has 59 heavy (non-hydrogen) atoms. The van der Waals surface area contributed by atoms with Gasteiger partial charge in [-0.2, -0.15) is 0 Å². The topological polar surface area (TPSA) is 35.6 Å². The average molecular weight is 779 g/mol. The van der Waals surface area contributed by atoms with Crippen molar-refractivity contribution in [1.82, 2.24) is 19.1 Å². The Morgan fingerprint density at radius 3 is 1.20 bits per heavy atom. The minimum Gasteiger partial charge on any atom is -0.294 e. The van der Waals surface area contributed by atoms with Crippen molar-refractivity contribution >= 4 is 72.4 Å². The third-order valence-corrected chi connectivity index (χ3v) is 17.6. The smallest absolute Gasteiger partial charge is 0.181 e. The lowest BCUT2D eigenvalue weighted by Gasteiger charge is -2.33. The summed E-state index contributed by atoms with van der Waals surface area (Å²) in [5.41, 5.74) is 9.98. The van der Waals surface area contributed by atoms with Crippen LogP contribution in [-0.4, -0.2) is 27.2 Å². The van der Waals surface area contributed by atoms with Crippen LogP contribution < -0.4 is 20.7 Å². The molecule has 5 heteroatoms. The maximum absolute atomic E-state index is 4.93. The SMILES string of the molecule is CC(C)(C)c1ccc2c(c1)[Si](c1ccc3c4ccccc4n(-c4ccccn4)c3c1)(c1ccc3c4ccccc4n(-c4ccccn4)c3c1)c1cc(C(C)(C)C)ccc1-2. The Morgan fingerprint density at radius 2 is 0.797 bits per heavy atom. The molecule has 5 heterocycles. The molecule has 11 rings (SSSR count). The lowest BCUT2D eigenvalue weighted by atomic mass is 9.85. The number of fused-ring (bicyclic) bond motifs is 9. The van der Waals surface area contributed by atoms with E-state index >= 15 is 0 Å². The molecule has 0 amide bonds. The predicted molar refractivity (Wildman–Crippen MR) is 251 cm³/mol. The van der Waals surface area contributed by atoms with Crippen molar-refractivity contribution in [2.24, 2.45) is 0 Å². The van der Waals surface area contributed by atoms with E-state index in [1.165, 1.54) is 75.6 Å². The van der Waals surface area contributed by atoms with E-state index in [0.717, 1.165) is 22.7 Å². The molecule has 4 aromatic heterocycles. The van der Waals surface area contributed by atoms with Crippen molar-refractivity contribution in [3.63, 3.8) is 0 Å². The highest BCUT2D eigenvalue weighted by molar-refractivity contribution is 7.22. The van der Waals surface area contributed by atoms with Crippen LogP contribution in [0.15, 0.2) is 170 Å². The zero-order chi connectivity index (χ0) is 40.3. The molecule has 0 aliphatic carbocycles. The monoisotopic (exact) mass is 778 g/mol. The number of nitrogens with zero attached hydrogens (tertiary/aromatic N) is 4. The van der Waals surface area contributed by atoms with E-state index in [1.807, 2.05) is 24.5 Å². The number of para-hydroxylation sites is 2. The van der Waals surface area contributed by atoms with Gasteiger partial charge in [0, 0.05) is 33.9 Å². The van der Waals surface area contributed by atoms with Crippen molar-refractivity contribution < 1.29 is 0 Å². The Balaban J connectivity index is 1.33. The first kappa shape index (κ1) is 35.6. The third-order valence-electron chi connectivity index (χ3n) is 12.8. The number of hydrogen-bond acceptors (Lipinski definition) is 2. The highest BCUT2D eigenvalue weighted by Gasteiger charge is 2.50. The van der Waals surface area contributed by atoms with Crippen LogP contribution in [0.3, 0.4) is 0 Å². The number of aromatic nitrogens is 4. The lowest BCUT2D eigenvalue weighted by Crippen LogP contribution is -2.73. The minimum absolute atomic E-state index is 0.0365. The van der Waals surface area contributed by atoms with Gasteiger partial charge in [0.05, 0.1) is 22.1 Å². The first-order chi connectivity index (χ1) is 28.5. The molecule has 10 aromatic rings. The second-order valence-electron chi connectivity index (χ2n) is 18.3. The molecule has 0 saturated heterocycles. The van der Waals surface area contributed by atoms with Crippen molar-refractivity contribution in [2.45, 2.75) is 52.4 Å². The summed E-state index contributed by atoms with van der Waals surface area (Å²) < 4.78 is 4.73. The van der Waals surface area contributed by atoms with Crippen molar-refractivity contribution in [2.75, 3.05) is 0 Å². The fraction of sp³-hybridized carbons (Fsp3) is 0.148. The summed E-state index contributed by atoms with van der Waals surface area (Å²) in [6.45, 7) is 14.0. The van der Waals surface area contributed by atoms with Gasteiger partial charge in [-0.15, -0.1) is 0 Å². The van der Waals surface area contributed by atoms with Gasteiger partial charge in [-0.05, 0) is 102 Å². The van der Waals surface area contributed by atoms with Gasteiger partial charge in [-0.25, -0.2) is 9.97 Å². The number of rotatable bonds is 4. The summed E-state index contributed by atoms with van der Waals surface area (Å²) in [5, 5.41) is 10.5. The summed E-state index contributed by atoms with van der Waals surface area (Å²) in [5.74, 6) is 1.84. The summed E-state index contributed by atoms with van der Waals surface area (Å²) in [6, 6.07) is 59.5. The molecule has 0 bridgehead atoms. The highest BCUT2D eigenvalue weighted by atomic mass is 28.3. The highest BCUT2D eigenvalue weighted by Crippen LogP contribution is 2.38. The molecule has 4 nitrogen and oxygen atoms in total. The fourth-order valence-electron chi connectivity index (χ4n) is 9.92. The number of benzene rings is 6.